The van der Waals surface area contributed by atoms with E-state index in [4.69, 9.17) is 9.47 Å². The zero-order valence-corrected chi connectivity index (χ0v) is 10.7. The second-order valence-corrected chi connectivity index (χ2v) is 4.80. The molecule has 5 nitrogen and oxygen atoms in total. The molecule has 0 spiro atoms. The molecule has 2 N–H and O–H groups in total. The van der Waals surface area contributed by atoms with Crippen molar-refractivity contribution in [3.05, 3.63) is 29.8 Å². The topological polar surface area (TPSA) is 59.6 Å². The SMILES string of the molecule is O=C(NC1CCOc2ccccc21)C1CNCCO1. The van der Waals surface area contributed by atoms with Crippen LogP contribution in [0, 0.1) is 0 Å². The number of nitrogens with one attached hydrogen (secondary N) is 2. The minimum absolute atomic E-state index is 0.0166. The van der Waals surface area contributed by atoms with Gasteiger partial charge in [-0.05, 0) is 6.07 Å². The van der Waals surface area contributed by atoms with E-state index in [0.29, 0.717) is 19.8 Å². The third-order valence-electron chi connectivity index (χ3n) is 3.50. The van der Waals surface area contributed by atoms with E-state index >= 15 is 0 Å². The van der Waals surface area contributed by atoms with E-state index in [1.165, 1.54) is 0 Å². The van der Waals surface area contributed by atoms with Crippen molar-refractivity contribution in [3.63, 3.8) is 0 Å². The molecule has 1 aromatic carbocycles. The van der Waals surface area contributed by atoms with Crippen molar-refractivity contribution in [1.82, 2.24) is 10.6 Å². The molecule has 19 heavy (non-hydrogen) atoms. The summed E-state index contributed by atoms with van der Waals surface area (Å²) < 4.78 is 11.0. The summed E-state index contributed by atoms with van der Waals surface area (Å²) >= 11 is 0. The summed E-state index contributed by atoms with van der Waals surface area (Å²) in [5.41, 5.74) is 1.05. The predicted octanol–water partition coefficient (Wildman–Crippen LogP) is 0.615. The molecule has 1 saturated heterocycles. The van der Waals surface area contributed by atoms with Crippen LogP contribution in [0.1, 0.15) is 18.0 Å². The number of amides is 1. The highest BCUT2D eigenvalue weighted by atomic mass is 16.5. The Morgan fingerprint density at radius 3 is 3.05 bits per heavy atom. The number of fused-ring (bicyclic) bond motifs is 1. The number of morpholine rings is 1. The predicted molar refractivity (Wildman–Crippen MR) is 70.0 cm³/mol. The van der Waals surface area contributed by atoms with Crippen molar-refractivity contribution >= 4 is 5.91 Å². The maximum atomic E-state index is 12.2. The van der Waals surface area contributed by atoms with Gasteiger partial charge in [-0.3, -0.25) is 4.79 Å². The van der Waals surface area contributed by atoms with Crippen LogP contribution in [0.15, 0.2) is 24.3 Å². The van der Waals surface area contributed by atoms with Gasteiger partial charge < -0.3 is 20.1 Å². The molecule has 1 fully saturated rings. The molecule has 0 saturated carbocycles. The fraction of sp³-hybridized carbons (Fsp3) is 0.500. The van der Waals surface area contributed by atoms with Gasteiger partial charge in [0.05, 0.1) is 19.3 Å². The number of carbonyl (C=O) groups is 1. The second kappa shape index (κ2) is 5.59. The van der Waals surface area contributed by atoms with Gasteiger partial charge in [0.1, 0.15) is 11.9 Å². The van der Waals surface area contributed by atoms with Crippen molar-refractivity contribution in [3.8, 4) is 5.75 Å². The number of hydrogen-bond donors (Lipinski definition) is 2. The highest BCUT2D eigenvalue weighted by Gasteiger charge is 2.27. The van der Waals surface area contributed by atoms with Crippen molar-refractivity contribution < 1.29 is 14.3 Å². The molecule has 3 rings (SSSR count). The number of para-hydroxylation sites is 1. The first kappa shape index (κ1) is 12.4. The Balaban J connectivity index is 1.68. The van der Waals surface area contributed by atoms with Crippen LogP contribution in [0.25, 0.3) is 0 Å². The van der Waals surface area contributed by atoms with E-state index in [9.17, 15) is 4.79 Å². The molecule has 0 bridgehead atoms. The molecule has 2 unspecified atom stereocenters. The third-order valence-corrected chi connectivity index (χ3v) is 3.50. The van der Waals surface area contributed by atoms with Gasteiger partial charge in [-0.15, -0.1) is 0 Å². The van der Waals surface area contributed by atoms with Crippen molar-refractivity contribution in [2.45, 2.75) is 18.6 Å². The van der Waals surface area contributed by atoms with Gasteiger partial charge in [-0.2, -0.15) is 0 Å². The Morgan fingerprint density at radius 2 is 2.21 bits per heavy atom. The Bertz CT molecular complexity index is 458. The lowest BCUT2D eigenvalue weighted by molar-refractivity contribution is -0.135. The van der Waals surface area contributed by atoms with E-state index in [2.05, 4.69) is 10.6 Å². The van der Waals surface area contributed by atoms with Crippen molar-refractivity contribution in [1.29, 1.82) is 0 Å². The zero-order valence-electron chi connectivity index (χ0n) is 10.7. The summed E-state index contributed by atoms with van der Waals surface area (Å²) in [6.07, 6.45) is 0.409. The normalized spacial score (nSPS) is 26.1. The van der Waals surface area contributed by atoms with E-state index in [1.807, 2.05) is 24.3 Å². The Hall–Kier alpha value is -1.59. The van der Waals surface area contributed by atoms with E-state index in [0.717, 1.165) is 24.3 Å². The number of rotatable bonds is 2. The quantitative estimate of drug-likeness (QED) is 0.820. The Morgan fingerprint density at radius 1 is 1.32 bits per heavy atom. The third kappa shape index (κ3) is 2.72. The Kier molecular flexibility index (Phi) is 3.66. The van der Waals surface area contributed by atoms with Gasteiger partial charge in [-0.25, -0.2) is 0 Å². The smallest absolute Gasteiger partial charge is 0.250 e. The minimum Gasteiger partial charge on any atom is -0.493 e. The number of carbonyl (C=O) groups excluding carboxylic acids is 1. The van der Waals surface area contributed by atoms with Crippen LogP contribution in [0.4, 0.5) is 0 Å². The van der Waals surface area contributed by atoms with Crippen LogP contribution >= 0.6 is 0 Å². The summed E-state index contributed by atoms with van der Waals surface area (Å²) in [5.74, 6) is 0.815. The molecule has 102 valence electrons. The van der Waals surface area contributed by atoms with Gasteiger partial charge in [0.2, 0.25) is 0 Å². The van der Waals surface area contributed by atoms with Crippen LogP contribution < -0.4 is 15.4 Å². The van der Waals surface area contributed by atoms with Crippen molar-refractivity contribution in [2.75, 3.05) is 26.3 Å². The summed E-state index contributed by atoms with van der Waals surface area (Å²) in [4.78, 5) is 12.2. The summed E-state index contributed by atoms with van der Waals surface area (Å²) in [5, 5.41) is 6.22. The van der Waals surface area contributed by atoms with Gasteiger partial charge in [0.25, 0.3) is 5.91 Å². The number of ether oxygens (including phenoxy) is 2. The van der Waals surface area contributed by atoms with Gasteiger partial charge in [0, 0.05) is 25.1 Å². The average molecular weight is 262 g/mol. The van der Waals surface area contributed by atoms with Crippen LogP contribution in [0.5, 0.6) is 5.75 Å². The average Bonchev–Trinajstić information content (AvgIpc) is 2.48. The largest absolute Gasteiger partial charge is 0.493 e. The molecule has 1 aromatic rings. The maximum absolute atomic E-state index is 12.2. The van der Waals surface area contributed by atoms with Gasteiger partial charge in [0.15, 0.2) is 0 Å². The lowest BCUT2D eigenvalue weighted by atomic mass is 10.0. The molecular formula is C14H18N2O3. The van der Waals surface area contributed by atoms with E-state index < -0.39 is 0 Å². The highest BCUT2D eigenvalue weighted by Crippen LogP contribution is 2.31. The second-order valence-electron chi connectivity index (χ2n) is 4.80. The molecular weight excluding hydrogens is 244 g/mol. The van der Waals surface area contributed by atoms with Gasteiger partial charge in [-0.1, -0.05) is 18.2 Å². The lowest BCUT2D eigenvalue weighted by Gasteiger charge is -2.29. The Labute approximate surface area is 112 Å². The first-order chi connectivity index (χ1) is 9.34. The fourth-order valence-corrected chi connectivity index (χ4v) is 2.49. The maximum Gasteiger partial charge on any atom is 0.250 e. The molecule has 2 aliphatic rings. The molecule has 1 amide bonds. The summed E-state index contributed by atoms with van der Waals surface area (Å²) in [7, 11) is 0. The molecule has 0 aromatic heterocycles. The molecule has 0 aliphatic carbocycles. The van der Waals surface area contributed by atoms with Gasteiger partial charge >= 0.3 is 0 Å². The molecule has 2 aliphatic heterocycles. The van der Waals surface area contributed by atoms with E-state index in [1.54, 1.807) is 0 Å². The zero-order chi connectivity index (χ0) is 13.1. The highest BCUT2D eigenvalue weighted by molar-refractivity contribution is 5.81. The molecule has 2 atom stereocenters. The standard InChI is InChI=1S/C14H18N2O3/c17-14(13-9-15-6-8-19-13)16-11-5-7-18-12-4-2-1-3-10(11)12/h1-4,11,13,15H,5-9H2,(H,16,17). The lowest BCUT2D eigenvalue weighted by Crippen LogP contribution is -2.49. The summed E-state index contributed by atoms with van der Waals surface area (Å²) in [6.45, 7) is 2.61. The molecule has 0 radical (unpaired) electrons. The molecule has 5 heteroatoms. The first-order valence-corrected chi connectivity index (χ1v) is 6.69. The minimum atomic E-state index is -0.385. The summed E-state index contributed by atoms with van der Waals surface area (Å²) in [6, 6.07) is 7.86. The van der Waals surface area contributed by atoms with Crippen molar-refractivity contribution in [2.24, 2.45) is 0 Å². The van der Waals surface area contributed by atoms with Crippen LogP contribution in [-0.2, 0) is 9.53 Å². The van der Waals surface area contributed by atoms with Crippen LogP contribution in [0.2, 0.25) is 0 Å². The number of benzene rings is 1. The van der Waals surface area contributed by atoms with Crippen LogP contribution in [-0.4, -0.2) is 38.3 Å². The number of hydrogen-bond acceptors (Lipinski definition) is 4. The van der Waals surface area contributed by atoms with E-state index in [-0.39, 0.29) is 18.1 Å². The fourth-order valence-electron chi connectivity index (χ4n) is 2.49. The molecule has 2 heterocycles. The van der Waals surface area contributed by atoms with Crippen LogP contribution in [0.3, 0.4) is 0 Å². The monoisotopic (exact) mass is 262 g/mol. The first-order valence-electron chi connectivity index (χ1n) is 6.69.